The lowest BCUT2D eigenvalue weighted by molar-refractivity contribution is 0.0998. The van der Waals surface area contributed by atoms with E-state index in [1.807, 2.05) is 22.8 Å². The first-order chi connectivity index (χ1) is 15.3. The molecule has 0 N–H and O–H groups in total. The van der Waals surface area contributed by atoms with Gasteiger partial charge >= 0.3 is 0 Å². The summed E-state index contributed by atoms with van der Waals surface area (Å²) in [6.45, 7) is 11.8. The molecular weight excluding hydrogens is 510 g/mol. The van der Waals surface area contributed by atoms with E-state index in [1.165, 1.54) is 52.1 Å². The molecule has 0 atom stereocenters. The Bertz CT molecular complexity index is 1340. The van der Waals surface area contributed by atoms with Gasteiger partial charge in [-0.25, -0.2) is 8.42 Å². The molecule has 0 spiro atoms. The summed E-state index contributed by atoms with van der Waals surface area (Å²) in [6, 6.07) is 11.6. The molecule has 0 radical (unpaired) electrons. The molecule has 0 saturated carbocycles. The van der Waals surface area contributed by atoms with Crippen LogP contribution in [0.25, 0.3) is 10.2 Å². The number of allylic oxidation sites excluding steroid dienone is 1. The molecule has 0 saturated heterocycles. The van der Waals surface area contributed by atoms with Crippen molar-refractivity contribution in [3.05, 3.63) is 95.3 Å². The molecule has 2 aromatic carbocycles. The van der Waals surface area contributed by atoms with Crippen molar-refractivity contribution in [3.63, 3.8) is 0 Å². The Morgan fingerprint density at radius 3 is 2.31 bits per heavy atom. The summed E-state index contributed by atoms with van der Waals surface area (Å²) < 4.78 is 30.8. The Labute approximate surface area is 199 Å². The number of rotatable bonds is 9. The third-order valence-electron chi connectivity index (χ3n) is 4.56. The zero-order valence-corrected chi connectivity index (χ0v) is 20.5. The fourth-order valence-electron chi connectivity index (χ4n) is 3.07. The number of amides is 1. The average molecular weight is 532 g/mol. The Morgan fingerprint density at radius 2 is 1.72 bits per heavy atom. The minimum atomic E-state index is -3.73. The molecule has 9 heteroatoms. The number of aromatic nitrogens is 1. The Hall–Kier alpha value is -2.59. The smallest absolute Gasteiger partial charge is 0.279 e. The molecule has 3 rings (SSSR count). The van der Waals surface area contributed by atoms with Crippen molar-refractivity contribution in [2.45, 2.75) is 11.4 Å². The normalized spacial score (nSPS) is 12.2. The van der Waals surface area contributed by atoms with E-state index in [0.717, 1.165) is 14.7 Å². The average Bonchev–Trinajstić information content (AvgIpc) is 3.09. The summed E-state index contributed by atoms with van der Waals surface area (Å²) in [7, 11) is -3.73. The van der Waals surface area contributed by atoms with Crippen molar-refractivity contribution in [2.24, 2.45) is 4.99 Å². The fourth-order valence-corrected chi connectivity index (χ4v) is 6.04. The zero-order valence-electron chi connectivity index (χ0n) is 17.3. The Morgan fingerprint density at radius 1 is 1.06 bits per heavy atom. The van der Waals surface area contributed by atoms with Crippen LogP contribution in [0, 0.1) is 0 Å². The maximum atomic E-state index is 12.8. The van der Waals surface area contributed by atoms with Gasteiger partial charge in [0.25, 0.3) is 5.91 Å². The Kier molecular flexibility index (Phi) is 7.78. The molecule has 1 heterocycles. The second-order valence-electron chi connectivity index (χ2n) is 6.74. The molecule has 0 aliphatic heterocycles. The van der Waals surface area contributed by atoms with Gasteiger partial charge in [0.1, 0.15) is 0 Å². The van der Waals surface area contributed by atoms with Crippen molar-refractivity contribution in [3.8, 4) is 0 Å². The lowest BCUT2D eigenvalue weighted by atomic mass is 10.2. The molecule has 1 aromatic heterocycles. The molecular formula is C23H22BrN3O3S2. The van der Waals surface area contributed by atoms with Crippen LogP contribution in [-0.4, -0.2) is 36.3 Å². The summed E-state index contributed by atoms with van der Waals surface area (Å²) in [4.78, 5) is 17.7. The number of sulfonamides is 1. The molecule has 166 valence electrons. The van der Waals surface area contributed by atoms with Crippen LogP contribution in [0.15, 0.2) is 94.8 Å². The van der Waals surface area contributed by atoms with Crippen LogP contribution in [0.2, 0.25) is 0 Å². The quantitative estimate of drug-likeness (QED) is 0.374. The summed E-state index contributed by atoms with van der Waals surface area (Å²) in [5.41, 5.74) is 1.25. The van der Waals surface area contributed by atoms with E-state index >= 15 is 0 Å². The second-order valence-corrected chi connectivity index (χ2v) is 10.6. The maximum absolute atomic E-state index is 12.8. The molecule has 3 aromatic rings. The van der Waals surface area contributed by atoms with Gasteiger partial charge in [0.2, 0.25) is 10.0 Å². The van der Waals surface area contributed by atoms with Crippen LogP contribution in [0.5, 0.6) is 0 Å². The van der Waals surface area contributed by atoms with Gasteiger partial charge in [-0.15, -0.1) is 19.7 Å². The van der Waals surface area contributed by atoms with Crippen molar-refractivity contribution in [1.82, 2.24) is 8.87 Å². The number of hydrogen-bond acceptors (Lipinski definition) is 4. The third kappa shape index (κ3) is 5.07. The lowest BCUT2D eigenvalue weighted by Crippen LogP contribution is -2.31. The number of hydrogen-bond donors (Lipinski definition) is 0. The number of carbonyl (C=O) groups excluding carboxylic acids is 1. The van der Waals surface area contributed by atoms with Gasteiger partial charge in [-0.2, -0.15) is 9.30 Å². The van der Waals surface area contributed by atoms with E-state index in [1.54, 1.807) is 6.08 Å². The first-order valence-corrected chi connectivity index (χ1v) is 12.7. The molecule has 0 fully saturated rings. The van der Waals surface area contributed by atoms with Crippen LogP contribution >= 0.6 is 27.3 Å². The number of thiazole rings is 1. The molecule has 0 bridgehead atoms. The predicted octanol–water partition coefficient (Wildman–Crippen LogP) is 4.76. The number of halogens is 1. The predicted molar refractivity (Wildman–Crippen MR) is 133 cm³/mol. The highest BCUT2D eigenvalue weighted by Crippen LogP contribution is 2.22. The van der Waals surface area contributed by atoms with Crippen molar-refractivity contribution in [2.75, 3.05) is 13.1 Å². The van der Waals surface area contributed by atoms with Gasteiger partial charge < -0.3 is 4.57 Å². The van der Waals surface area contributed by atoms with Gasteiger partial charge in [0.15, 0.2) is 4.80 Å². The van der Waals surface area contributed by atoms with Crippen molar-refractivity contribution < 1.29 is 13.2 Å². The molecule has 1 amide bonds. The first kappa shape index (κ1) is 24.1. The number of carbonyl (C=O) groups is 1. The fraction of sp³-hybridized carbons (Fsp3) is 0.130. The van der Waals surface area contributed by atoms with E-state index in [2.05, 4.69) is 40.7 Å². The van der Waals surface area contributed by atoms with E-state index in [0.29, 0.717) is 16.9 Å². The zero-order chi connectivity index (χ0) is 23.3. The minimum absolute atomic E-state index is 0.0891. The Balaban J connectivity index is 1.97. The van der Waals surface area contributed by atoms with Gasteiger partial charge in [-0.3, -0.25) is 4.79 Å². The van der Waals surface area contributed by atoms with E-state index < -0.39 is 15.9 Å². The number of benzene rings is 2. The van der Waals surface area contributed by atoms with Crippen LogP contribution in [0.4, 0.5) is 0 Å². The van der Waals surface area contributed by atoms with Gasteiger partial charge in [-0.05, 0) is 42.5 Å². The third-order valence-corrected chi connectivity index (χ3v) is 7.94. The second kappa shape index (κ2) is 10.4. The summed E-state index contributed by atoms with van der Waals surface area (Å²) in [6.07, 6.45) is 4.77. The molecule has 32 heavy (non-hydrogen) atoms. The summed E-state index contributed by atoms with van der Waals surface area (Å²) in [5.74, 6) is -0.452. The monoisotopic (exact) mass is 531 g/mol. The summed E-state index contributed by atoms with van der Waals surface area (Å²) >= 11 is 4.86. The first-order valence-electron chi connectivity index (χ1n) is 9.62. The molecule has 0 aliphatic rings. The highest BCUT2D eigenvalue weighted by Gasteiger charge is 2.22. The summed E-state index contributed by atoms with van der Waals surface area (Å²) in [5, 5.41) is 0. The van der Waals surface area contributed by atoms with Crippen LogP contribution in [0.1, 0.15) is 10.4 Å². The molecule has 0 aliphatic carbocycles. The van der Waals surface area contributed by atoms with Gasteiger partial charge in [0, 0.05) is 29.7 Å². The number of fused-ring (bicyclic) bond motifs is 1. The maximum Gasteiger partial charge on any atom is 0.279 e. The highest BCUT2D eigenvalue weighted by molar-refractivity contribution is 9.10. The lowest BCUT2D eigenvalue weighted by Gasteiger charge is -2.19. The van der Waals surface area contributed by atoms with E-state index in [9.17, 15) is 13.2 Å². The van der Waals surface area contributed by atoms with Crippen LogP contribution in [-0.2, 0) is 16.6 Å². The molecule has 0 unspecified atom stereocenters. The highest BCUT2D eigenvalue weighted by atomic mass is 79.9. The van der Waals surface area contributed by atoms with Crippen LogP contribution < -0.4 is 4.80 Å². The molecule has 6 nitrogen and oxygen atoms in total. The van der Waals surface area contributed by atoms with E-state index in [4.69, 9.17) is 0 Å². The van der Waals surface area contributed by atoms with Crippen molar-refractivity contribution >= 4 is 53.4 Å². The minimum Gasteiger partial charge on any atom is -0.312 e. The number of nitrogens with zero attached hydrogens (tertiary/aromatic N) is 3. The van der Waals surface area contributed by atoms with Crippen LogP contribution in [0.3, 0.4) is 0 Å². The standard InChI is InChI=1S/C23H22BrN3O3S2/c1-4-13-26(14-5-2)32(29,30)19-10-7-17(8-11-19)22(28)25-23-27(15-6-3)20-12-9-18(24)16-21(20)31-23/h4-12,16H,1-3,13-15H2. The van der Waals surface area contributed by atoms with Gasteiger partial charge in [0.05, 0.1) is 15.1 Å². The van der Waals surface area contributed by atoms with E-state index in [-0.39, 0.29) is 18.0 Å². The van der Waals surface area contributed by atoms with Crippen molar-refractivity contribution in [1.29, 1.82) is 0 Å². The topological polar surface area (TPSA) is 71.7 Å². The van der Waals surface area contributed by atoms with Gasteiger partial charge in [-0.1, -0.05) is 45.5 Å². The SMILES string of the molecule is C=CCN(CC=C)S(=O)(=O)c1ccc(C(=O)N=c2sc3cc(Br)ccc3n2CC=C)cc1. The largest absolute Gasteiger partial charge is 0.312 e.